The maximum Gasteiger partial charge on any atom is 0.248 e. The Bertz CT molecular complexity index is 1070. The number of fused-ring (bicyclic) bond motifs is 1. The van der Waals surface area contributed by atoms with Crippen LogP contribution in [0.3, 0.4) is 0 Å². The lowest BCUT2D eigenvalue weighted by Crippen LogP contribution is -2.57. The molecule has 0 aromatic heterocycles. The highest BCUT2D eigenvalue weighted by Gasteiger charge is 2.74. The number of amides is 3. The average molecular weight is 526 g/mol. The minimum absolute atomic E-state index is 0.00227. The zero-order valence-corrected chi connectivity index (χ0v) is 22.5. The first kappa shape index (κ1) is 27.9. The number of aliphatic hydroxyl groups is 1. The normalized spacial score (nSPS) is 27.4. The first-order chi connectivity index (χ1) is 18.2. The van der Waals surface area contributed by atoms with Crippen LogP contribution < -0.4 is 9.64 Å². The number of anilines is 1. The SMILES string of the molecule is C=CCN(C(=O)[C@@H]1[C@H]2C(=O)N(CCO)C(C(=O)N(CC=C)C(C)C)C23CC[C@H]1O3)c1ccc(OCC)cc1. The van der Waals surface area contributed by atoms with Crippen LogP contribution in [0.4, 0.5) is 5.69 Å². The van der Waals surface area contributed by atoms with Crippen LogP contribution in [-0.2, 0) is 19.1 Å². The third kappa shape index (κ3) is 4.52. The van der Waals surface area contributed by atoms with Gasteiger partial charge in [0, 0.05) is 31.4 Å². The summed E-state index contributed by atoms with van der Waals surface area (Å²) in [4.78, 5) is 46.7. The number of hydrogen-bond acceptors (Lipinski definition) is 6. The summed E-state index contributed by atoms with van der Waals surface area (Å²) in [7, 11) is 0. The van der Waals surface area contributed by atoms with Crippen molar-refractivity contribution in [3.8, 4) is 5.75 Å². The highest BCUT2D eigenvalue weighted by atomic mass is 16.5. The van der Waals surface area contributed by atoms with Gasteiger partial charge in [-0.05, 0) is 57.9 Å². The van der Waals surface area contributed by atoms with Crippen LogP contribution in [0.2, 0.25) is 0 Å². The van der Waals surface area contributed by atoms with Gasteiger partial charge in [-0.1, -0.05) is 12.2 Å². The quantitative estimate of drug-likeness (QED) is 0.421. The van der Waals surface area contributed by atoms with Crippen molar-refractivity contribution in [2.24, 2.45) is 11.8 Å². The minimum atomic E-state index is -1.11. The van der Waals surface area contributed by atoms with Gasteiger partial charge in [0.05, 0.1) is 31.2 Å². The van der Waals surface area contributed by atoms with Crippen molar-refractivity contribution in [3.05, 3.63) is 49.6 Å². The number of carbonyl (C=O) groups excluding carboxylic acids is 3. The van der Waals surface area contributed by atoms with Crippen LogP contribution in [0.1, 0.15) is 33.6 Å². The molecule has 2 unspecified atom stereocenters. The summed E-state index contributed by atoms with van der Waals surface area (Å²) in [6.07, 6.45) is 3.91. The number of carbonyl (C=O) groups is 3. The monoisotopic (exact) mass is 525 g/mol. The molecule has 5 atom stereocenters. The average Bonchev–Trinajstić information content (AvgIpc) is 3.53. The van der Waals surface area contributed by atoms with Crippen molar-refractivity contribution in [2.45, 2.75) is 57.4 Å². The van der Waals surface area contributed by atoms with Crippen LogP contribution in [0, 0.1) is 11.8 Å². The third-order valence-corrected chi connectivity index (χ3v) is 7.93. The fraction of sp³-hybridized carbons (Fsp3) is 0.552. The molecule has 4 rings (SSSR count). The number of ether oxygens (including phenoxy) is 2. The molecule has 3 heterocycles. The summed E-state index contributed by atoms with van der Waals surface area (Å²) < 4.78 is 12.0. The summed E-state index contributed by atoms with van der Waals surface area (Å²) in [5, 5.41) is 9.80. The molecule has 1 spiro atoms. The zero-order chi connectivity index (χ0) is 27.6. The molecule has 1 N–H and O–H groups in total. The number of nitrogens with zero attached hydrogens (tertiary/aromatic N) is 3. The van der Waals surface area contributed by atoms with Crippen LogP contribution in [0.25, 0.3) is 0 Å². The predicted octanol–water partition coefficient (Wildman–Crippen LogP) is 2.39. The molecule has 3 fully saturated rings. The molecule has 3 saturated heterocycles. The fourth-order valence-corrected chi connectivity index (χ4v) is 6.43. The second-order valence-electron chi connectivity index (χ2n) is 10.3. The second-order valence-corrected chi connectivity index (χ2v) is 10.3. The Morgan fingerprint density at radius 1 is 1.21 bits per heavy atom. The summed E-state index contributed by atoms with van der Waals surface area (Å²) in [6, 6.07) is 6.20. The molecule has 0 aliphatic carbocycles. The fourth-order valence-electron chi connectivity index (χ4n) is 6.43. The van der Waals surface area contributed by atoms with Gasteiger partial charge in [0.15, 0.2) is 0 Å². The Morgan fingerprint density at radius 3 is 2.47 bits per heavy atom. The van der Waals surface area contributed by atoms with Crippen molar-refractivity contribution in [3.63, 3.8) is 0 Å². The summed E-state index contributed by atoms with van der Waals surface area (Å²) in [5.41, 5.74) is -0.446. The van der Waals surface area contributed by atoms with Gasteiger partial charge in [-0.2, -0.15) is 0 Å². The highest BCUT2D eigenvalue weighted by Crippen LogP contribution is 2.59. The molecular weight excluding hydrogens is 486 g/mol. The van der Waals surface area contributed by atoms with Crippen molar-refractivity contribution in [1.29, 1.82) is 0 Å². The van der Waals surface area contributed by atoms with E-state index in [1.807, 2.05) is 32.9 Å². The lowest BCUT2D eigenvalue weighted by molar-refractivity contribution is -0.149. The predicted molar refractivity (Wildman–Crippen MR) is 144 cm³/mol. The molecule has 38 heavy (non-hydrogen) atoms. The molecule has 1 aromatic rings. The van der Waals surface area contributed by atoms with Crippen LogP contribution >= 0.6 is 0 Å². The van der Waals surface area contributed by atoms with Gasteiger partial charge in [-0.15, -0.1) is 13.2 Å². The van der Waals surface area contributed by atoms with Crippen LogP contribution in [-0.4, -0.2) is 89.3 Å². The van der Waals surface area contributed by atoms with Gasteiger partial charge in [0.2, 0.25) is 17.7 Å². The van der Waals surface area contributed by atoms with E-state index in [2.05, 4.69) is 13.2 Å². The van der Waals surface area contributed by atoms with Crippen molar-refractivity contribution in [1.82, 2.24) is 9.80 Å². The van der Waals surface area contributed by atoms with Gasteiger partial charge >= 0.3 is 0 Å². The molecule has 9 heteroatoms. The number of benzene rings is 1. The molecule has 1 aromatic carbocycles. The molecule has 3 amide bonds. The molecule has 0 radical (unpaired) electrons. The number of likely N-dealkylation sites (tertiary alicyclic amines) is 1. The van der Waals surface area contributed by atoms with E-state index < -0.39 is 29.6 Å². The maximum absolute atomic E-state index is 14.1. The number of hydrogen-bond donors (Lipinski definition) is 1. The van der Waals surface area contributed by atoms with Gasteiger partial charge in [-0.25, -0.2) is 0 Å². The Labute approximate surface area is 224 Å². The topological polar surface area (TPSA) is 99.6 Å². The summed E-state index contributed by atoms with van der Waals surface area (Å²) in [5.74, 6) is -1.64. The largest absolute Gasteiger partial charge is 0.494 e. The Kier molecular flexibility index (Phi) is 8.28. The Balaban J connectivity index is 1.71. The van der Waals surface area contributed by atoms with Crippen molar-refractivity contribution < 1.29 is 29.0 Å². The Hall–Kier alpha value is -3.17. The van der Waals surface area contributed by atoms with E-state index in [0.29, 0.717) is 37.4 Å². The maximum atomic E-state index is 14.1. The lowest BCUT2D eigenvalue weighted by atomic mass is 9.70. The molecule has 206 valence electrons. The van der Waals surface area contributed by atoms with E-state index in [1.54, 1.807) is 34.1 Å². The molecule has 0 saturated carbocycles. The summed E-state index contributed by atoms with van der Waals surface area (Å²) in [6.45, 7) is 14.1. The van der Waals surface area contributed by atoms with Gasteiger partial charge in [0.1, 0.15) is 17.4 Å². The molecular formula is C29H39N3O6. The molecule has 9 nitrogen and oxygen atoms in total. The number of rotatable bonds is 12. The van der Waals surface area contributed by atoms with E-state index in [1.165, 1.54) is 4.90 Å². The first-order valence-corrected chi connectivity index (χ1v) is 13.4. The standard InChI is InChI=1S/C29H39N3O6/c1-6-15-30(19(4)5)28(36)25-29-14-13-22(38-29)23(24(29)27(35)32(25)17-18-33)26(34)31(16-7-2)20-9-11-21(12-10-20)37-8-3/h6-7,9-12,19,22-25,33H,1-2,8,13-18H2,3-5H3/t22-,23+,24+,25?,29?/m1/s1. The molecule has 2 bridgehead atoms. The van der Waals surface area contributed by atoms with E-state index >= 15 is 0 Å². The van der Waals surface area contributed by atoms with E-state index in [4.69, 9.17) is 9.47 Å². The minimum Gasteiger partial charge on any atom is -0.494 e. The van der Waals surface area contributed by atoms with E-state index in [9.17, 15) is 19.5 Å². The summed E-state index contributed by atoms with van der Waals surface area (Å²) >= 11 is 0. The van der Waals surface area contributed by atoms with Gasteiger partial charge in [-0.3, -0.25) is 14.4 Å². The zero-order valence-electron chi connectivity index (χ0n) is 22.5. The molecule has 3 aliphatic rings. The first-order valence-electron chi connectivity index (χ1n) is 13.4. The van der Waals surface area contributed by atoms with Crippen molar-refractivity contribution >= 4 is 23.4 Å². The van der Waals surface area contributed by atoms with E-state index in [-0.39, 0.29) is 43.5 Å². The Morgan fingerprint density at radius 2 is 1.89 bits per heavy atom. The molecule has 3 aliphatic heterocycles. The van der Waals surface area contributed by atoms with Gasteiger partial charge < -0.3 is 29.3 Å². The smallest absolute Gasteiger partial charge is 0.248 e. The highest BCUT2D eigenvalue weighted by molar-refractivity contribution is 6.03. The third-order valence-electron chi connectivity index (χ3n) is 7.93. The number of β-amino-alcohol motifs (C(OH)–C–C–N with tert-alkyl or cyclic N) is 1. The van der Waals surface area contributed by atoms with Gasteiger partial charge in [0.25, 0.3) is 0 Å². The number of aliphatic hydroxyl groups excluding tert-OH is 1. The lowest BCUT2D eigenvalue weighted by Gasteiger charge is -2.38. The second kappa shape index (κ2) is 11.3. The van der Waals surface area contributed by atoms with Crippen molar-refractivity contribution in [2.75, 3.05) is 37.7 Å². The van der Waals surface area contributed by atoms with Crippen LogP contribution in [0.5, 0.6) is 5.75 Å². The van der Waals surface area contributed by atoms with Crippen LogP contribution in [0.15, 0.2) is 49.6 Å². The van der Waals surface area contributed by atoms with E-state index in [0.717, 1.165) is 0 Å².